The summed E-state index contributed by atoms with van der Waals surface area (Å²) in [4.78, 5) is 5.22. The quantitative estimate of drug-likeness (QED) is 0.0736. The molecule has 2 N–H and O–H groups in total. The summed E-state index contributed by atoms with van der Waals surface area (Å²) in [7, 11) is 0. The van der Waals surface area contributed by atoms with Crippen molar-refractivity contribution in [2.24, 2.45) is 10.9 Å². The van der Waals surface area contributed by atoms with Gasteiger partial charge in [-0.25, -0.2) is 4.39 Å². The molecule has 0 fully saturated rings. The Morgan fingerprint density at radius 1 is 0.587 bits per heavy atom. The second-order valence-corrected chi connectivity index (χ2v) is 22.6. The van der Waals surface area contributed by atoms with Crippen molar-refractivity contribution in [3.8, 4) is 17.2 Å². The van der Waals surface area contributed by atoms with Crippen LogP contribution in [0.2, 0.25) is 0 Å². The van der Waals surface area contributed by atoms with Crippen LogP contribution in [-0.2, 0) is 27.3 Å². The third-order valence-corrected chi connectivity index (χ3v) is 12.8. The van der Waals surface area contributed by atoms with Crippen LogP contribution in [0, 0.1) is 11.7 Å². The second-order valence-electron chi connectivity index (χ2n) is 22.6. The van der Waals surface area contributed by atoms with E-state index in [4.69, 9.17) is 14.5 Å². The van der Waals surface area contributed by atoms with Crippen LogP contribution in [0.3, 0.4) is 0 Å². The number of ether oxygens (including phenoxy) is 2. The Balaban J connectivity index is 2.51. The molecule has 6 heteroatoms. The lowest BCUT2D eigenvalue weighted by molar-refractivity contribution is 0.0323. The molecule has 0 bridgehead atoms. The van der Waals surface area contributed by atoms with Gasteiger partial charge in [0.05, 0.1) is 19.3 Å². The van der Waals surface area contributed by atoms with Crippen molar-refractivity contribution < 1.29 is 24.1 Å². The molecule has 3 aromatic rings. The molecule has 0 amide bonds. The Hall–Kier alpha value is -3.38. The number of hydrogen-bond acceptors (Lipinski definition) is 5. The maximum absolute atomic E-state index is 14.8. The molecule has 0 aliphatic heterocycles. The van der Waals surface area contributed by atoms with E-state index in [9.17, 15) is 14.6 Å². The number of para-hydroxylation sites is 1. The number of nitrogens with zero attached hydrogens (tertiary/aromatic N) is 1. The highest BCUT2D eigenvalue weighted by Gasteiger charge is 2.46. The molecule has 3 aromatic carbocycles. The van der Waals surface area contributed by atoms with Gasteiger partial charge in [-0.2, -0.15) is 0 Å². The monoisotopic (exact) mass is 872 g/mol. The predicted octanol–water partition coefficient (Wildman–Crippen LogP) is 16.0. The van der Waals surface area contributed by atoms with Gasteiger partial charge in [-0.1, -0.05) is 187 Å². The van der Waals surface area contributed by atoms with Gasteiger partial charge in [0.1, 0.15) is 17.1 Å². The summed E-state index contributed by atoms with van der Waals surface area (Å²) in [6, 6.07) is 12.4. The van der Waals surface area contributed by atoms with Gasteiger partial charge in [0.25, 0.3) is 0 Å². The van der Waals surface area contributed by atoms with Crippen molar-refractivity contribution in [1.29, 1.82) is 0 Å². The zero-order chi connectivity index (χ0) is 47.4. The Kier molecular flexibility index (Phi) is 19.9. The number of aliphatic imine (C=N–C) groups is 1. The lowest BCUT2D eigenvalue weighted by Crippen LogP contribution is -2.44. The first kappa shape index (κ1) is 54.0. The number of unbranched alkanes of at least 4 members (excludes halogenated alkanes) is 10. The first-order valence-corrected chi connectivity index (χ1v) is 24.7. The molecule has 0 aliphatic rings. The Morgan fingerprint density at radius 2 is 0.952 bits per heavy atom. The molecule has 5 nitrogen and oxygen atoms in total. The summed E-state index contributed by atoms with van der Waals surface area (Å²) in [6.45, 7) is 36.6. The van der Waals surface area contributed by atoms with Gasteiger partial charge in [-0.3, -0.25) is 4.99 Å². The average molecular weight is 872 g/mol. The molecule has 3 rings (SSSR count). The minimum atomic E-state index is -1.69. The standard InChI is InChI=1S/C57H90FNO4/c1-17-20-22-24-26-28-33-62-50-44(53(5,6)7)35-42(36-45(50)54(8,9)10)57(61,52(40(4)19-3)59-39-41-31-30-32-48(58)49(41)60)43-37-46(55(11,12)13)51(47(38-43)56(14,15)16)63-34-29-27-25-23-21-18-2/h30-32,35-40,52,60-61H,17-29,33-34H2,1-16H3. The van der Waals surface area contributed by atoms with Crippen LogP contribution in [0.25, 0.3) is 0 Å². The molecule has 0 heterocycles. The van der Waals surface area contributed by atoms with Gasteiger partial charge in [0, 0.05) is 34.0 Å². The molecule has 2 atom stereocenters. The molecular formula is C57H90FNO4. The average Bonchev–Trinajstić information content (AvgIpc) is 3.19. The molecule has 354 valence electrons. The Bertz CT molecular complexity index is 1730. The molecule has 63 heavy (non-hydrogen) atoms. The van der Waals surface area contributed by atoms with E-state index in [0.717, 1.165) is 77.0 Å². The zero-order valence-electron chi connectivity index (χ0n) is 42.9. The lowest BCUT2D eigenvalue weighted by Gasteiger charge is -2.42. The van der Waals surface area contributed by atoms with Gasteiger partial charge in [-0.05, 0) is 87.9 Å². The Labute approximate surface area is 385 Å². The summed E-state index contributed by atoms with van der Waals surface area (Å²) in [5, 5.41) is 25.2. The third kappa shape index (κ3) is 14.6. The summed E-state index contributed by atoms with van der Waals surface area (Å²) >= 11 is 0. The molecule has 0 radical (unpaired) electrons. The number of halogens is 1. The highest BCUT2D eigenvalue weighted by atomic mass is 19.1. The van der Waals surface area contributed by atoms with E-state index in [1.165, 1.54) is 57.4 Å². The number of phenols is 1. The van der Waals surface area contributed by atoms with E-state index in [-0.39, 0.29) is 33.1 Å². The predicted molar refractivity (Wildman–Crippen MR) is 267 cm³/mol. The fraction of sp³-hybridized carbons (Fsp3) is 0.667. The molecule has 0 aliphatic carbocycles. The molecule has 0 aromatic heterocycles. The van der Waals surface area contributed by atoms with Crippen LogP contribution in [0.4, 0.5) is 4.39 Å². The van der Waals surface area contributed by atoms with E-state index in [1.54, 1.807) is 18.3 Å². The number of aliphatic hydroxyl groups is 1. The molecule has 0 saturated heterocycles. The SMILES string of the molecule is CCCCCCCCOc1c(C(C)(C)C)cc(C(O)(c2cc(C(C)(C)C)c(OCCCCCCCC)c(C(C)(C)C)c2)C(N=Cc2cccc(F)c2O)C(C)CC)cc1C(C)(C)C. The minimum absolute atomic E-state index is 0.137. The van der Waals surface area contributed by atoms with Crippen molar-refractivity contribution >= 4 is 6.21 Å². The second kappa shape index (κ2) is 23.2. The molecule has 0 saturated carbocycles. The van der Waals surface area contributed by atoms with Crippen molar-refractivity contribution in [3.63, 3.8) is 0 Å². The minimum Gasteiger partial charge on any atom is -0.504 e. The third-order valence-electron chi connectivity index (χ3n) is 12.8. The summed E-state index contributed by atoms with van der Waals surface area (Å²) in [5.41, 5.74) is 2.84. The van der Waals surface area contributed by atoms with Gasteiger partial charge >= 0.3 is 0 Å². The Morgan fingerprint density at radius 3 is 1.30 bits per heavy atom. The molecule has 2 unspecified atom stereocenters. The van der Waals surface area contributed by atoms with Crippen molar-refractivity contribution in [1.82, 2.24) is 0 Å². The lowest BCUT2D eigenvalue weighted by atomic mass is 9.68. The summed E-state index contributed by atoms with van der Waals surface area (Å²) < 4.78 is 28.5. The first-order valence-electron chi connectivity index (χ1n) is 24.7. The maximum atomic E-state index is 14.8. The van der Waals surface area contributed by atoms with E-state index < -0.39 is 23.2 Å². The van der Waals surface area contributed by atoms with E-state index in [1.807, 2.05) is 0 Å². The smallest absolute Gasteiger partial charge is 0.165 e. The number of phenolic OH excluding ortho intramolecular Hbond substituents is 1. The maximum Gasteiger partial charge on any atom is 0.165 e. The fourth-order valence-electron chi connectivity index (χ4n) is 8.55. The number of benzene rings is 3. The topological polar surface area (TPSA) is 71.3 Å². The van der Waals surface area contributed by atoms with Gasteiger partial charge in [-0.15, -0.1) is 0 Å². The fourth-order valence-corrected chi connectivity index (χ4v) is 8.55. The first-order chi connectivity index (χ1) is 29.3. The highest BCUT2D eigenvalue weighted by Crippen LogP contribution is 2.50. The van der Waals surface area contributed by atoms with Crippen LogP contribution in [0.15, 0.2) is 47.5 Å². The van der Waals surface area contributed by atoms with E-state index >= 15 is 0 Å². The van der Waals surface area contributed by atoms with Crippen molar-refractivity contribution in [3.05, 3.63) is 87.2 Å². The van der Waals surface area contributed by atoms with Crippen molar-refractivity contribution in [2.45, 2.75) is 228 Å². The number of aromatic hydroxyl groups is 1. The summed E-state index contributed by atoms with van der Waals surface area (Å²) in [5.74, 6) is 0.485. The van der Waals surface area contributed by atoms with Crippen LogP contribution >= 0.6 is 0 Å². The van der Waals surface area contributed by atoms with Gasteiger partial charge < -0.3 is 19.7 Å². The molecule has 0 spiro atoms. The van der Waals surface area contributed by atoms with Gasteiger partial charge in [0.15, 0.2) is 11.6 Å². The van der Waals surface area contributed by atoms with Gasteiger partial charge in [0.2, 0.25) is 0 Å². The van der Waals surface area contributed by atoms with Crippen LogP contribution in [-0.4, -0.2) is 35.7 Å². The number of rotatable bonds is 23. The van der Waals surface area contributed by atoms with Crippen LogP contribution in [0.5, 0.6) is 17.2 Å². The van der Waals surface area contributed by atoms with Crippen molar-refractivity contribution in [2.75, 3.05) is 13.2 Å². The largest absolute Gasteiger partial charge is 0.504 e. The van der Waals surface area contributed by atoms with E-state index in [2.05, 4.69) is 135 Å². The normalized spacial score (nSPS) is 14.1. The number of hydrogen-bond donors (Lipinski definition) is 2. The molecular weight excluding hydrogens is 782 g/mol. The highest BCUT2D eigenvalue weighted by molar-refractivity contribution is 5.83. The summed E-state index contributed by atoms with van der Waals surface area (Å²) in [6.07, 6.45) is 16.4. The zero-order valence-corrected chi connectivity index (χ0v) is 42.9. The van der Waals surface area contributed by atoms with E-state index in [0.29, 0.717) is 13.2 Å². The van der Waals surface area contributed by atoms with Crippen LogP contribution in [0.1, 0.15) is 233 Å². The van der Waals surface area contributed by atoms with Crippen LogP contribution < -0.4 is 9.47 Å².